The fourth-order valence-corrected chi connectivity index (χ4v) is 2.84. The van der Waals surface area contributed by atoms with Gasteiger partial charge in [0.05, 0.1) is 23.2 Å². The molecule has 136 valence electrons. The van der Waals surface area contributed by atoms with Gasteiger partial charge in [-0.15, -0.1) is 0 Å². The molecule has 27 heavy (non-hydrogen) atoms. The summed E-state index contributed by atoms with van der Waals surface area (Å²) in [6, 6.07) is 7.76. The molecule has 0 fully saturated rings. The Hall–Kier alpha value is -3.48. The van der Waals surface area contributed by atoms with E-state index in [2.05, 4.69) is 20.4 Å². The Labute approximate surface area is 156 Å². The second-order valence-electron chi connectivity index (χ2n) is 6.21. The van der Waals surface area contributed by atoms with Crippen LogP contribution in [0, 0.1) is 13.8 Å². The van der Waals surface area contributed by atoms with E-state index < -0.39 is 0 Å². The van der Waals surface area contributed by atoms with Gasteiger partial charge in [-0.2, -0.15) is 0 Å². The zero-order valence-electron chi connectivity index (χ0n) is 15.1. The summed E-state index contributed by atoms with van der Waals surface area (Å²) in [7, 11) is 0. The van der Waals surface area contributed by atoms with Gasteiger partial charge < -0.3 is 14.3 Å². The summed E-state index contributed by atoms with van der Waals surface area (Å²) in [6.07, 6.45) is 7.84. The normalized spacial score (nSPS) is 10.9. The third-order valence-corrected chi connectivity index (χ3v) is 4.24. The zero-order valence-corrected chi connectivity index (χ0v) is 15.1. The monoisotopic (exact) mass is 361 g/mol. The van der Waals surface area contributed by atoms with Crippen LogP contribution in [0.3, 0.4) is 0 Å². The van der Waals surface area contributed by atoms with Gasteiger partial charge in [0.2, 0.25) is 5.95 Å². The van der Waals surface area contributed by atoms with Crippen LogP contribution in [0.1, 0.15) is 17.0 Å². The maximum absolute atomic E-state index is 5.46. The van der Waals surface area contributed by atoms with E-state index in [-0.39, 0.29) is 0 Å². The maximum atomic E-state index is 5.46. The third-order valence-electron chi connectivity index (χ3n) is 4.24. The number of furan rings is 1. The number of nitrogens with one attached hydrogen (secondary N) is 1. The van der Waals surface area contributed by atoms with Crippen molar-refractivity contribution < 1.29 is 8.94 Å². The number of anilines is 1. The van der Waals surface area contributed by atoms with Crippen molar-refractivity contribution in [3.8, 4) is 22.6 Å². The van der Waals surface area contributed by atoms with Gasteiger partial charge in [-0.25, -0.2) is 9.97 Å². The summed E-state index contributed by atoms with van der Waals surface area (Å²) in [5.74, 6) is 1.97. The predicted octanol–water partition coefficient (Wildman–Crippen LogP) is 4.06. The van der Waals surface area contributed by atoms with Crippen molar-refractivity contribution in [2.24, 2.45) is 0 Å². The highest BCUT2D eigenvalue weighted by atomic mass is 16.5. The van der Waals surface area contributed by atoms with Crippen LogP contribution >= 0.6 is 0 Å². The average Bonchev–Trinajstić information content (AvgIpc) is 3.31. The molecule has 4 aromatic rings. The van der Waals surface area contributed by atoms with Gasteiger partial charge in [0.15, 0.2) is 5.76 Å². The number of pyridine rings is 1. The second kappa shape index (κ2) is 7.41. The van der Waals surface area contributed by atoms with Gasteiger partial charge in [-0.1, -0.05) is 5.16 Å². The van der Waals surface area contributed by atoms with E-state index in [1.807, 2.05) is 38.1 Å². The van der Waals surface area contributed by atoms with E-state index in [4.69, 9.17) is 13.9 Å². The molecule has 0 spiro atoms. The van der Waals surface area contributed by atoms with Crippen molar-refractivity contribution in [1.29, 1.82) is 0 Å². The van der Waals surface area contributed by atoms with Crippen molar-refractivity contribution in [2.75, 3.05) is 11.9 Å². The topological polar surface area (TPSA) is 89.9 Å². The lowest BCUT2D eigenvalue weighted by Crippen LogP contribution is -2.08. The number of rotatable bonds is 6. The molecule has 0 saturated carbocycles. The molecule has 0 atom stereocenters. The number of nitrogens with zero attached hydrogens (tertiary/aromatic N) is 4. The first-order valence-corrected chi connectivity index (χ1v) is 8.68. The van der Waals surface area contributed by atoms with Gasteiger partial charge >= 0.3 is 0 Å². The van der Waals surface area contributed by atoms with Crippen LogP contribution in [0.4, 0.5) is 5.95 Å². The molecule has 0 saturated heterocycles. The molecule has 0 aliphatic rings. The van der Waals surface area contributed by atoms with Crippen LogP contribution in [-0.2, 0) is 6.42 Å². The molecule has 4 rings (SSSR count). The first-order chi connectivity index (χ1) is 13.2. The molecular weight excluding hydrogens is 342 g/mol. The highest BCUT2D eigenvalue weighted by Gasteiger charge is 2.18. The van der Waals surface area contributed by atoms with Crippen LogP contribution in [-0.4, -0.2) is 26.7 Å². The molecule has 7 heteroatoms. The number of aromatic nitrogens is 4. The fourth-order valence-electron chi connectivity index (χ4n) is 2.84. The summed E-state index contributed by atoms with van der Waals surface area (Å²) in [6.45, 7) is 4.50. The zero-order chi connectivity index (χ0) is 18.6. The highest BCUT2D eigenvalue weighted by Crippen LogP contribution is 2.33. The van der Waals surface area contributed by atoms with E-state index >= 15 is 0 Å². The van der Waals surface area contributed by atoms with Crippen molar-refractivity contribution >= 4 is 5.95 Å². The SMILES string of the molecule is Cc1cc(-c2cnc(NCCc3ccncc3)nc2-c2ccoc2C)on1. The average molecular weight is 361 g/mol. The minimum absolute atomic E-state index is 0.555. The van der Waals surface area contributed by atoms with E-state index in [0.717, 1.165) is 34.7 Å². The largest absolute Gasteiger partial charge is 0.469 e. The standard InChI is InChI=1S/C20H19N5O2/c1-13-11-18(27-25-13)17-12-23-20(22-9-5-15-3-7-21-8-4-15)24-19(17)16-6-10-26-14(16)2/h3-4,6-8,10-12H,5,9H2,1-2H3,(H,22,23,24). The lowest BCUT2D eigenvalue weighted by atomic mass is 10.1. The van der Waals surface area contributed by atoms with Gasteiger partial charge in [0.25, 0.3) is 0 Å². The molecule has 0 aliphatic heterocycles. The summed E-state index contributed by atoms with van der Waals surface area (Å²) < 4.78 is 10.9. The van der Waals surface area contributed by atoms with Crippen LogP contribution in [0.15, 0.2) is 58.1 Å². The Bertz CT molecular complexity index is 1040. The molecule has 0 aromatic carbocycles. The molecule has 0 unspecified atom stereocenters. The molecule has 0 radical (unpaired) electrons. The summed E-state index contributed by atoms with van der Waals surface area (Å²) in [5, 5.41) is 7.25. The minimum Gasteiger partial charge on any atom is -0.469 e. The predicted molar refractivity (Wildman–Crippen MR) is 101 cm³/mol. The Morgan fingerprint density at radius 3 is 2.63 bits per heavy atom. The quantitative estimate of drug-likeness (QED) is 0.554. The smallest absolute Gasteiger partial charge is 0.223 e. The molecule has 4 heterocycles. The molecule has 0 aliphatic carbocycles. The lowest BCUT2D eigenvalue weighted by molar-refractivity contribution is 0.427. The maximum Gasteiger partial charge on any atom is 0.223 e. The van der Waals surface area contributed by atoms with Crippen LogP contribution in [0.25, 0.3) is 22.6 Å². The molecular formula is C20H19N5O2. The Kier molecular flexibility index (Phi) is 4.65. The van der Waals surface area contributed by atoms with Crippen LogP contribution < -0.4 is 5.32 Å². The van der Waals surface area contributed by atoms with Crippen molar-refractivity contribution in [2.45, 2.75) is 20.3 Å². The van der Waals surface area contributed by atoms with Crippen molar-refractivity contribution in [1.82, 2.24) is 20.1 Å². The van der Waals surface area contributed by atoms with Crippen molar-refractivity contribution in [3.63, 3.8) is 0 Å². The van der Waals surface area contributed by atoms with E-state index in [9.17, 15) is 0 Å². The third kappa shape index (κ3) is 3.72. The molecule has 1 N–H and O–H groups in total. The lowest BCUT2D eigenvalue weighted by Gasteiger charge is -2.09. The highest BCUT2D eigenvalue weighted by molar-refractivity contribution is 5.79. The van der Waals surface area contributed by atoms with E-state index in [1.165, 1.54) is 5.56 Å². The van der Waals surface area contributed by atoms with Gasteiger partial charge in [-0.3, -0.25) is 4.98 Å². The van der Waals surface area contributed by atoms with Gasteiger partial charge in [-0.05, 0) is 44.0 Å². The summed E-state index contributed by atoms with van der Waals surface area (Å²) in [4.78, 5) is 13.2. The molecule has 4 aromatic heterocycles. The number of aryl methyl sites for hydroxylation is 2. The Morgan fingerprint density at radius 1 is 1.07 bits per heavy atom. The molecule has 0 amide bonds. The van der Waals surface area contributed by atoms with Gasteiger partial charge in [0.1, 0.15) is 5.76 Å². The van der Waals surface area contributed by atoms with Crippen LogP contribution in [0.2, 0.25) is 0 Å². The van der Waals surface area contributed by atoms with E-state index in [1.54, 1.807) is 24.9 Å². The second-order valence-corrected chi connectivity index (χ2v) is 6.21. The van der Waals surface area contributed by atoms with Crippen LogP contribution in [0.5, 0.6) is 0 Å². The first-order valence-electron chi connectivity index (χ1n) is 8.68. The Balaban J connectivity index is 1.62. The summed E-state index contributed by atoms with van der Waals surface area (Å²) >= 11 is 0. The van der Waals surface area contributed by atoms with Crippen molar-refractivity contribution in [3.05, 3.63) is 66.1 Å². The minimum atomic E-state index is 0.555. The van der Waals surface area contributed by atoms with E-state index in [0.29, 0.717) is 18.3 Å². The van der Waals surface area contributed by atoms with Gasteiger partial charge in [0, 0.05) is 36.8 Å². The molecule has 7 nitrogen and oxygen atoms in total. The number of hydrogen-bond acceptors (Lipinski definition) is 7. The molecule has 0 bridgehead atoms. The summed E-state index contributed by atoms with van der Waals surface area (Å²) in [5.41, 5.74) is 4.44. The number of hydrogen-bond donors (Lipinski definition) is 1. The Morgan fingerprint density at radius 2 is 1.93 bits per heavy atom. The first kappa shape index (κ1) is 17.0. The fraction of sp³-hybridized carbons (Fsp3) is 0.200.